The van der Waals surface area contributed by atoms with Crippen LogP contribution in [0.2, 0.25) is 0 Å². The summed E-state index contributed by atoms with van der Waals surface area (Å²) >= 11 is 0. The highest BCUT2D eigenvalue weighted by molar-refractivity contribution is 7.33. The lowest BCUT2D eigenvalue weighted by Crippen LogP contribution is -2.67. The molecule has 0 aromatic rings. The van der Waals surface area contributed by atoms with Gasteiger partial charge >= 0.3 is 66.0 Å². The van der Waals surface area contributed by atoms with Crippen LogP contribution in [0.15, 0.2) is 0 Å². The molecule has 0 spiro atoms. The van der Waals surface area contributed by atoms with Gasteiger partial charge in [-0.2, -0.15) is 0 Å². The van der Waals surface area contributed by atoms with Gasteiger partial charge in [-0.1, -0.05) is 0 Å². The SMILES string of the molecule is COCC(C)OCCO[C@H]1C(O[P+](=O)O)[C@@H](OCCO[C@H](C)COC)[C@H](O[P+](=O)O)C(OCCOCCOC2[C@@H](O[P+](=O)O)[C@H](O[P+](=O)O)C(O[P+](=O)O)[C@H](O[P+](=O)O)[C@H]2O[P+](=O)O)[C@@H]1O[P+](=O)O. The highest BCUT2D eigenvalue weighted by Crippen LogP contribution is 2.46. The zero-order valence-electron chi connectivity index (χ0n) is 36.5. The van der Waals surface area contributed by atoms with Crippen LogP contribution in [-0.2, 0) is 115 Å². The van der Waals surface area contributed by atoms with Crippen molar-refractivity contribution < 1.29 is 154 Å². The Morgan fingerprint density at radius 2 is 0.507 bits per heavy atom. The molecule has 2 aliphatic carbocycles. The molecule has 396 valence electrons. The second-order valence-electron chi connectivity index (χ2n) is 13.7. The van der Waals surface area contributed by atoms with Crippen molar-refractivity contribution in [3.8, 4) is 0 Å². The number of hydrogen-bond donors (Lipinski definition) is 8. The van der Waals surface area contributed by atoms with Gasteiger partial charge in [0.25, 0.3) is 0 Å². The van der Waals surface area contributed by atoms with Gasteiger partial charge in [0, 0.05) is 50.7 Å². The fraction of sp³-hybridized carbons (Fsp3) is 1.00. The molecule has 13 unspecified atom stereocenters. The second kappa shape index (κ2) is 35.1. The minimum absolute atomic E-state index is 0.141. The van der Waals surface area contributed by atoms with E-state index in [9.17, 15) is 75.7 Å². The normalized spacial score (nSPS) is 30.0. The minimum atomic E-state index is -3.73. The quantitative estimate of drug-likeness (QED) is 0.0315. The molecular weight excluding hydrogens is 1110 g/mol. The number of methoxy groups -OCH3 is 2. The third kappa shape index (κ3) is 24.3. The maximum atomic E-state index is 12.3. The van der Waals surface area contributed by atoms with Crippen molar-refractivity contribution in [1.29, 1.82) is 0 Å². The standard InChI is InChI=1S/C28H46O33P8/c1-15(13-45-3)48-9-11-52-18-21(54-62(29)30)17(22(55-63(31)32)19(23(18)56-64(33)34)53-12-10-49-16(2)14-46-4)50-7-5-47-6-8-51-20-24(57-65(35)36)26(59-67(39)40)28(61-69(43)44)27(60-68(41)42)25(20)58-66(37)38/h15-28H,5-14H2,1-4H3/p+8/t15-,16?,17?,18+,19-,20?,21-,22+,23?,24-,25+,26+,27-,28?/m1/s1. The molecule has 2 fully saturated rings. The summed E-state index contributed by atoms with van der Waals surface area (Å²) in [5.41, 5.74) is 0. The fourth-order valence-electron chi connectivity index (χ4n) is 6.82. The Kier molecular flexibility index (Phi) is 33.1. The zero-order valence-corrected chi connectivity index (χ0v) is 43.7. The van der Waals surface area contributed by atoms with Crippen LogP contribution in [0.1, 0.15) is 13.8 Å². The highest BCUT2D eigenvalue weighted by Gasteiger charge is 2.67. The highest BCUT2D eigenvalue weighted by atomic mass is 31.1. The first kappa shape index (κ1) is 64.9. The lowest BCUT2D eigenvalue weighted by atomic mass is 9.84. The third-order valence-corrected chi connectivity index (χ3v) is 12.4. The summed E-state index contributed by atoms with van der Waals surface area (Å²) in [5.74, 6) is 0. The van der Waals surface area contributed by atoms with E-state index in [1.165, 1.54) is 14.2 Å². The van der Waals surface area contributed by atoms with Crippen LogP contribution < -0.4 is 0 Å². The van der Waals surface area contributed by atoms with E-state index in [0.717, 1.165) is 0 Å². The van der Waals surface area contributed by atoms with Crippen LogP contribution in [0, 0.1) is 0 Å². The molecule has 0 bridgehead atoms. The summed E-state index contributed by atoms with van der Waals surface area (Å²) in [7, 11) is -26.4. The molecule has 0 aromatic carbocycles. The van der Waals surface area contributed by atoms with Gasteiger partial charge in [-0.05, 0) is 13.8 Å². The molecule has 0 aliphatic heterocycles. The van der Waals surface area contributed by atoms with E-state index in [2.05, 4.69) is 0 Å². The average Bonchev–Trinajstić information content (AvgIpc) is 3.22. The lowest BCUT2D eigenvalue weighted by molar-refractivity contribution is -0.245. The molecule has 0 radical (unpaired) electrons. The monoisotopic (exact) mass is 1170 g/mol. The number of hydrogen-bond acceptors (Lipinski definition) is 25. The van der Waals surface area contributed by atoms with Crippen LogP contribution in [0.25, 0.3) is 0 Å². The topological polar surface area (TPSA) is 455 Å². The summed E-state index contributed by atoms with van der Waals surface area (Å²) in [6.07, 6.45) is -24.5. The summed E-state index contributed by atoms with van der Waals surface area (Å²) in [4.78, 5) is 77.8. The third-order valence-electron chi connectivity index (χ3n) is 9.05. The Labute approximate surface area is 399 Å². The fourth-order valence-corrected chi connectivity index (χ4v) is 10.4. The summed E-state index contributed by atoms with van der Waals surface area (Å²) in [6.45, 7) is 0.542. The first-order valence-corrected chi connectivity index (χ1v) is 28.5. The minimum Gasteiger partial charge on any atom is -0.382 e. The van der Waals surface area contributed by atoms with Gasteiger partial charge in [0.15, 0.2) is 48.8 Å². The summed E-state index contributed by atoms with van der Waals surface area (Å²) in [6, 6.07) is 0. The first-order valence-electron chi connectivity index (χ1n) is 19.5. The molecule has 2 rings (SSSR count). The molecule has 22 atom stereocenters. The van der Waals surface area contributed by atoms with Gasteiger partial charge in [-0.25, -0.2) is 0 Å². The predicted octanol–water partition coefficient (Wildman–Crippen LogP) is 0.953. The molecule has 8 N–H and O–H groups in total. The smallest absolute Gasteiger partial charge is 0.382 e. The second-order valence-corrected chi connectivity index (χ2v) is 19.2. The van der Waals surface area contributed by atoms with Gasteiger partial charge in [-0.3, -0.25) is 0 Å². The Balaban J connectivity index is 2.45. The lowest BCUT2D eigenvalue weighted by Gasteiger charge is -2.43. The van der Waals surface area contributed by atoms with E-state index >= 15 is 0 Å². The first-order chi connectivity index (χ1) is 32.6. The summed E-state index contributed by atoms with van der Waals surface area (Å²) < 4.78 is 186. The summed E-state index contributed by atoms with van der Waals surface area (Å²) in [5, 5.41) is 0. The van der Waals surface area contributed by atoms with E-state index in [1.807, 2.05) is 0 Å². The van der Waals surface area contributed by atoms with Crippen molar-refractivity contribution in [1.82, 2.24) is 0 Å². The van der Waals surface area contributed by atoms with E-state index in [0.29, 0.717) is 0 Å². The van der Waals surface area contributed by atoms with Crippen molar-refractivity contribution in [2.45, 2.75) is 99.3 Å². The molecule has 0 aromatic heterocycles. The van der Waals surface area contributed by atoms with Crippen molar-refractivity contribution in [3.05, 3.63) is 0 Å². The predicted molar refractivity (Wildman–Crippen MR) is 222 cm³/mol. The van der Waals surface area contributed by atoms with E-state index in [-0.39, 0.29) is 39.6 Å². The molecule has 0 heterocycles. The van der Waals surface area contributed by atoms with Crippen LogP contribution in [0.3, 0.4) is 0 Å². The average molecular weight is 1170 g/mol. The molecule has 2 saturated carbocycles. The maximum Gasteiger partial charge on any atom is 0.695 e. The van der Waals surface area contributed by atoms with E-state index in [4.69, 9.17) is 78.8 Å². The van der Waals surface area contributed by atoms with Crippen molar-refractivity contribution >= 4 is 66.0 Å². The van der Waals surface area contributed by atoms with Gasteiger partial charge in [0.1, 0.15) is 24.4 Å². The van der Waals surface area contributed by atoms with Crippen LogP contribution in [-0.4, -0.2) is 205 Å². The molecular formula is C28H54O33P8+8. The zero-order chi connectivity index (χ0) is 51.8. The van der Waals surface area contributed by atoms with E-state index < -0.39 is 178 Å². The molecule has 0 amide bonds. The molecule has 0 saturated heterocycles. The van der Waals surface area contributed by atoms with Gasteiger partial charge in [-0.15, -0.1) is 75.3 Å². The van der Waals surface area contributed by atoms with Crippen LogP contribution in [0.5, 0.6) is 0 Å². The van der Waals surface area contributed by atoms with Crippen molar-refractivity contribution in [2.75, 3.05) is 80.3 Å². The van der Waals surface area contributed by atoms with E-state index in [1.54, 1.807) is 13.8 Å². The van der Waals surface area contributed by atoms with Crippen molar-refractivity contribution in [3.63, 3.8) is 0 Å². The van der Waals surface area contributed by atoms with Crippen LogP contribution in [0.4, 0.5) is 0 Å². The maximum absolute atomic E-state index is 12.3. The molecule has 2 aliphatic rings. The van der Waals surface area contributed by atoms with Gasteiger partial charge in [0.05, 0.1) is 78.3 Å². The molecule has 41 heteroatoms. The molecule has 69 heavy (non-hydrogen) atoms. The number of rotatable bonds is 38. The Morgan fingerprint density at radius 1 is 0.319 bits per heavy atom. The van der Waals surface area contributed by atoms with Gasteiger partial charge in [0.2, 0.25) is 0 Å². The van der Waals surface area contributed by atoms with Gasteiger partial charge < -0.3 is 42.6 Å². The van der Waals surface area contributed by atoms with Crippen molar-refractivity contribution in [2.24, 2.45) is 0 Å². The Hall–Kier alpha value is -0.200. The Morgan fingerprint density at radius 3 is 0.710 bits per heavy atom. The largest absolute Gasteiger partial charge is 0.695 e. The molecule has 33 nitrogen and oxygen atoms in total. The van der Waals surface area contributed by atoms with Crippen LogP contribution >= 0.6 is 66.0 Å². The number of ether oxygens (including phenoxy) is 9. The Bertz CT molecular complexity index is 1580.